The summed E-state index contributed by atoms with van der Waals surface area (Å²) in [4.78, 5) is 11.7. The normalized spacial score (nSPS) is 11.5. The molecule has 0 aliphatic carbocycles. The molecule has 0 spiro atoms. The number of hydrogen-bond acceptors (Lipinski definition) is 5. The molecule has 0 amide bonds. The summed E-state index contributed by atoms with van der Waals surface area (Å²) >= 11 is 0. The molecule has 0 radical (unpaired) electrons. The maximum absolute atomic E-state index is 12.1. The average molecular weight is 315 g/mol. The topological polar surface area (TPSA) is 81.7 Å². The predicted octanol–water partition coefficient (Wildman–Crippen LogP) is 1.22. The number of methoxy groups -OCH3 is 1. The highest BCUT2D eigenvalue weighted by molar-refractivity contribution is 7.89. The first-order valence-electron chi connectivity index (χ1n) is 6.71. The van der Waals surface area contributed by atoms with Crippen LogP contribution >= 0.6 is 0 Å². The number of rotatable bonds is 10. The quantitative estimate of drug-likeness (QED) is 0.518. The smallest absolute Gasteiger partial charge is 0.240 e. The molecule has 1 aromatic carbocycles. The third kappa shape index (κ3) is 5.92. The summed E-state index contributed by atoms with van der Waals surface area (Å²) < 4.78 is 36.6. The minimum absolute atomic E-state index is 0.0821. The van der Waals surface area contributed by atoms with E-state index in [1.54, 1.807) is 26.2 Å². The Morgan fingerprint density at radius 1 is 1.24 bits per heavy atom. The number of sulfonamides is 1. The van der Waals surface area contributed by atoms with Gasteiger partial charge >= 0.3 is 0 Å². The van der Waals surface area contributed by atoms with Gasteiger partial charge in [-0.2, -0.15) is 0 Å². The van der Waals surface area contributed by atoms with Crippen molar-refractivity contribution in [3.8, 4) is 0 Å². The van der Waals surface area contributed by atoms with Crippen molar-refractivity contribution in [3.63, 3.8) is 0 Å². The second-order valence-corrected chi connectivity index (χ2v) is 6.07. The van der Waals surface area contributed by atoms with Crippen LogP contribution in [0, 0.1) is 0 Å². The molecule has 1 N–H and O–H groups in total. The number of ether oxygens (including phenoxy) is 2. The van der Waals surface area contributed by atoms with E-state index in [1.165, 1.54) is 12.1 Å². The second kappa shape index (κ2) is 8.89. The van der Waals surface area contributed by atoms with E-state index in [0.717, 1.165) is 0 Å². The summed E-state index contributed by atoms with van der Waals surface area (Å²) in [5.41, 5.74) is 0.400. The molecule has 0 bridgehead atoms. The molecular weight excluding hydrogens is 294 g/mol. The van der Waals surface area contributed by atoms with E-state index in [0.29, 0.717) is 25.2 Å². The largest absolute Gasteiger partial charge is 0.382 e. The Bertz CT molecular complexity index is 556. The van der Waals surface area contributed by atoms with Crippen LogP contribution in [0.15, 0.2) is 29.2 Å². The Hall–Kier alpha value is -1.28. The molecule has 0 atom stereocenters. The van der Waals surface area contributed by atoms with Gasteiger partial charge in [0.1, 0.15) is 0 Å². The Morgan fingerprint density at radius 2 is 2.00 bits per heavy atom. The van der Waals surface area contributed by atoms with Crippen molar-refractivity contribution in [3.05, 3.63) is 29.8 Å². The van der Waals surface area contributed by atoms with Gasteiger partial charge in [-0.15, -0.1) is 0 Å². The van der Waals surface area contributed by atoms with Crippen molar-refractivity contribution >= 4 is 15.8 Å². The van der Waals surface area contributed by atoms with Crippen molar-refractivity contribution in [2.75, 3.05) is 33.5 Å². The highest BCUT2D eigenvalue weighted by atomic mass is 32.2. The second-order valence-electron chi connectivity index (χ2n) is 4.31. The fourth-order valence-corrected chi connectivity index (χ4v) is 2.68. The fraction of sp³-hybridized carbons (Fsp3) is 0.500. The maximum Gasteiger partial charge on any atom is 0.240 e. The SMILES string of the molecule is CCC(=O)c1cccc(S(=O)(=O)NCCOCCOC)c1. The van der Waals surface area contributed by atoms with E-state index in [1.807, 2.05) is 0 Å². The van der Waals surface area contributed by atoms with Gasteiger partial charge < -0.3 is 9.47 Å². The van der Waals surface area contributed by atoms with Gasteiger partial charge in [-0.05, 0) is 12.1 Å². The molecular formula is C14H21NO5S. The van der Waals surface area contributed by atoms with E-state index >= 15 is 0 Å². The molecule has 1 aromatic rings. The zero-order valence-corrected chi connectivity index (χ0v) is 13.1. The number of Topliss-reactive ketones (excluding diaryl/α,β-unsaturated/α-hetero) is 1. The minimum atomic E-state index is -3.63. The lowest BCUT2D eigenvalue weighted by Crippen LogP contribution is -2.28. The fourth-order valence-electron chi connectivity index (χ4n) is 1.62. The standard InChI is InChI=1S/C14H21NO5S/c1-3-14(16)12-5-4-6-13(11-12)21(17,18)15-7-8-20-10-9-19-2/h4-6,11,15H,3,7-10H2,1-2H3. The number of carbonyl (C=O) groups excluding carboxylic acids is 1. The maximum atomic E-state index is 12.1. The Morgan fingerprint density at radius 3 is 2.67 bits per heavy atom. The molecule has 0 aromatic heterocycles. The van der Waals surface area contributed by atoms with Crippen LogP contribution in [0.2, 0.25) is 0 Å². The summed E-state index contributed by atoms with van der Waals surface area (Å²) in [6, 6.07) is 6.02. The molecule has 0 unspecified atom stereocenters. The van der Waals surface area contributed by atoms with Crippen LogP contribution in [-0.4, -0.2) is 47.7 Å². The number of nitrogens with one attached hydrogen (secondary N) is 1. The minimum Gasteiger partial charge on any atom is -0.382 e. The van der Waals surface area contributed by atoms with Crippen molar-refractivity contribution in [1.29, 1.82) is 0 Å². The molecule has 1 rings (SSSR count). The lowest BCUT2D eigenvalue weighted by Gasteiger charge is -2.08. The van der Waals surface area contributed by atoms with E-state index in [9.17, 15) is 13.2 Å². The summed E-state index contributed by atoms with van der Waals surface area (Å²) in [5.74, 6) is -0.0880. The van der Waals surface area contributed by atoms with Crippen molar-refractivity contribution in [2.24, 2.45) is 0 Å². The zero-order valence-electron chi connectivity index (χ0n) is 12.3. The van der Waals surface area contributed by atoms with Crippen molar-refractivity contribution < 1.29 is 22.7 Å². The number of benzene rings is 1. The van der Waals surface area contributed by atoms with Crippen molar-refractivity contribution in [1.82, 2.24) is 4.72 Å². The predicted molar refractivity (Wildman–Crippen MR) is 78.9 cm³/mol. The molecule has 0 aliphatic rings. The average Bonchev–Trinajstić information content (AvgIpc) is 2.50. The van der Waals surface area contributed by atoms with E-state index < -0.39 is 10.0 Å². The first-order valence-corrected chi connectivity index (χ1v) is 8.19. The van der Waals surface area contributed by atoms with Crippen LogP contribution < -0.4 is 4.72 Å². The third-order valence-electron chi connectivity index (χ3n) is 2.76. The first-order chi connectivity index (χ1) is 10.0. The van der Waals surface area contributed by atoms with Gasteiger partial charge in [0.25, 0.3) is 0 Å². The molecule has 21 heavy (non-hydrogen) atoms. The van der Waals surface area contributed by atoms with Gasteiger partial charge in [0.15, 0.2) is 5.78 Å². The van der Waals surface area contributed by atoms with Gasteiger partial charge in [0.2, 0.25) is 10.0 Å². The summed E-state index contributed by atoms with van der Waals surface area (Å²) in [6.45, 7) is 3.04. The van der Waals surface area contributed by atoms with Gasteiger partial charge in [-0.1, -0.05) is 19.1 Å². The molecule has 118 valence electrons. The Balaban J connectivity index is 2.60. The number of ketones is 1. The number of carbonyl (C=O) groups is 1. The van der Waals surface area contributed by atoms with Crippen LogP contribution in [0.4, 0.5) is 0 Å². The highest BCUT2D eigenvalue weighted by Crippen LogP contribution is 2.12. The summed E-state index contributed by atoms with van der Waals surface area (Å²) in [7, 11) is -2.06. The van der Waals surface area contributed by atoms with E-state index in [-0.39, 0.29) is 23.8 Å². The van der Waals surface area contributed by atoms with E-state index in [4.69, 9.17) is 9.47 Å². The van der Waals surface area contributed by atoms with Gasteiger partial charge in [0, 0.05) is 25.6 Å². The zero-order chi connectivity index (χ0) is 15.7. The monoisotopic (exact) mass is 315 g/mol. The van der Waals surface area contributed by atoms with E-state index in [2.05, 4.69) is 4.72 Å². The molecule has 0 heterocycles. The van der Waals surface area contributed by atoms with Crippen LogP contribution in [0.3, 0.4) is 0 Å². The van der Waals surface area contributed by atoms with Crippen LogP contribution in [0.25, 0.3) is 0 Å². The molecule has 0 fully saturated rings. The van der Waals surface area contributed by atoms with Gasteiger partial charge in [-0.3, -0.25) is 4.79 Å². The third-order valence-corrected chi connectivity index (χ3v) is 4.22. The van der Waals surface area contributed by atoms with Crippen molar-refractivity contribution in [2.45, 2.75) is 18.2 Å². The Labute approximate surface area is 125 Å². The molecule has 7 heteroatoms. The number of hydrogen-bond donors (Lipinski definition) is 1. The highest BCUT2D eigenvalue weighted by Gasteiger charge is 2.15. The summed E-state index contributed by atoms with van der Waals surface area (Å²) in [5, 5.41) is 0. The molecule has 6 nitrogen and oxygen atoms in total. The van der Waals surface area contributed by atoms with Crippen LogP contribution in [0.5, 0.6) is 0 Å². The lowest BCUT2D eigenvalue weighted by molar-refractivity contribution is 0.0736. The molecule has 0 saturated carbocycles. The van der Waals surface area contributed by atoms with Crippen LogP contribution in [0.1, 0.15) is 23.7 Å². The molecule has 0 aliphatic heterocycles. The molecule has 0 saturated heterocycles. The Kier molecular flexibility index (Phi) is 7.52. The van der Waals surface area contributed by atoms with Gasteiger partial charge in [0.05, 0.1) is 24.7 Å². The first kappa shape index (κ1) is 17.8. The summed E-state index contributed by atoms with van der Waals surface area (Å²) in [6.07, 6.45) is 0.338. The lowest BCUT2D eigenvalue weighted by atomic mass is 10.1. The van der Waals surface area contributed by atoms with Crippen LogP contribution in [-0.2, 0) is 19.5 Å². The van der Waals surface area contributed by atoms with Gasteiger partial charge in [-0.25, -0.2) is 13.1 Å².